The smallest absolute Gasteiger partial charge is 0.138 e. The number of rotatable bonds is 5. The molecule has 22 heavy (non-hydrogen) atoms. The Kier molecular flexibility index (Phi) is 3.90. The summed E-state index contributed by atoms with van der Waals surface area (Å²) in [6.45, 7) is 0.712. The second kappa shape index (κ2) is 5.89. The van der Waals surface area contributed by atoms with Gasteiger partial charge in [-0.15, -0.1) is 11.3 Å². The highest BCUT2D eigenvalue weighted by molar-refractivity contribution is 7.84. The summed E-state index contributed by atoms with van der Waals surface area (Å²) in [7, 11) is -0.770. The molecule has 118 valence electrons. The number of nitrogens with one attached hydrogen (secondary N) is 1. The number of aryl methyl sites for hydroxylation is 2. The molecule has 4 nitrogen and oxygen atoms in total. The predicted molar refractivity (Wildman–Crippen MR) is 93.5 cm³/mol. The van der Waals surface area contributed by atoms with Gasteiger partial charge in [0.15, 0.2) is 0 Å². The Morgan fingerprint density at radius 1 is 1.27 bits per heavy atom. The molecule has 0 aromatic carbocycles. The Balaban J connectivity index is 1.76. The van der Waals surface area contributed by atoms with E-state index in [1.807, 2.05) is 11.3 Å². The summed E-state index contributed by atoms with van der Waals surface area (Å²) < 4.78 is 11.3. The third-order valence-corrected chi connectivity index (χ3v) is 6.42. The second-order valence-electron chi connectivity index (χ2n) is 6.30. The summed E-state index contributed by atoms with van der Waals surface area (Å²) in [6.07, 6.45) is 9.08. The van der Waals surface area contributed by atoms with Gasteiger partial charge >= 0.3 is 0 Å². The van der Waals surface area contributed by atoms with E-state index in [9.17, 15) is 4.21 Å². The number of hydrogen-bond donors (Lipinski definition) is 1. The van der Waals surface area contributed by atoms with Crippen LogP contribution in [0.1, 0.15) is 47.9 Å². The largest absolute Gasteiger partial charge is 0.368 e. The molecule has 0 spiro atoms. The molecule has 1 unspecified atom stereocenters. The zero-order chi connectivity index (χ0) is 15.1. The number of hydrogen-bond acceptors (Lipinski definition) is 5. The normalized spacial score (nSPS) is 19.1. The number of nitrogens with zero attached hydrogens (tertiary/aromatic N) is 2. The molecule has 1 N–H and O–H groups in total. The molecule has 4 rings (SSSR count). The van der Waals surface area contributed by atoms with Gasteiger partial charge in [0, 0.05) is 40.1 Å². The van der Waals surface area contributed by atoms with Crippen LogP contribution in [0.15, 0.2) is 0 Å². The van der Waals surface area contributed by atoms with E-state index in [0.717, 1.165) is 22.9 Å². The Morgan fingerprint density at radius 2 is 2.09 bits per heavy atom. The van der Waals surface area contributed by atoms with E-state index in [1.165, 1.54) is 47.9 Å². The fourth-order valence-corrected chi connectivity index (χ4v) is 4.80. The van der Waals surface area contributed by atoms with E-state index in [-0.39, 0.29) is 0 Å². The van der Waals surface area contributed by atoms with E-state index in [2.05, 4.69) is 5.32 Å². The SMILES string of the molecule is CS(=O)CCNc1nc(C2CC2)nc2sc3c(c12)CCCC3. The average Bonchev–Trinajstić information content (AvgIpc) is 3.27. The van der Waals surface area contributed by atoms with Crippen LogP contribution in [-0.4, -0.2) is 32.7 Å². The molecule has 0 radical (unpaired) electrons. The first-order chi connectivity index (χ1) is 10.7. The van der Waals surface area contributed by atoms with Crippen LogP contribution in [0.2, 0.25) is 0 Å². The van der Waals surface area contributed by atoms with Crippen molar-refractivity contribution in [1.82, 2.24) is 9.97 Å². The summed E-state index contributed by atoms with van der Waals surface area (Å²) in [5.41, 5.74) is 1.47. The maximum absolute atomic E-state index is 11.3. The summed E-state index contributed by atoms with van der Waals surface area (Å²) in [4.78, 5) is 12.3. The Morgan fingerprint density at radius 3 is 2.86 bits per heavy atom. The van der Waals surface area contributed by atoms with Gasteiger partial charge in [0.2, 0.25) is 0 Å². The van der Waals surface area contributed by atoms with E-state index in [4.69, 9.17) is 9.97 Å². The molecule has 0 saturated heterocycles. The lowest BCUT2D eigenvalue weighted by Crippen LogP contribution is -2.12. The van der Waals surface area contributed by atoms with Crippen LogP contribution in [0.5, 0.6) is 0 Å². The van der Waals surface area contributed by atoms with Crippen LogP contribution in [0.25, 0.3) is 10.2 Å². The first kappa shape index (κ1) is 14.6. The fraction of sp³-hybridized carbons (Fsp3) is 0.625. The van der Waals surface area contributed by atoms with Crippen molar-refractivity contribution in [2.75, 3.05) is 23.9 Å². The first-order valence-electron chi connectivity index (χ1n) is 8.08. The van der Waals surface area contributed by atoms with Crippen molar-refractivity contribution in [2.24, 2.45) is 0 Å². The minimum absolute atomic E-state index is 0.560. The molecule has 2 aliphatic rings. The van der Waals surface area contributed by atoms with Crippen LogP contribution < -0.4 is 5.32 Å². The zero-order valence-corrected chi connectivity index (χ0v) is 14.5. The van der Waals surface area contributed by atoms with Crippen LogP contribution in [0.3, 0.4) is 0 Å². The Labute approximate surface area is 137 Å². The molecule has 2 aromatic heterocycles. The highest BCUT2D eigenvalue weighted by Gasteiger charge is 2.29. The summed E-state index contributed by atoms with van der Waals surface area (Å²) in [6, 6.07) is 0. The molecule has 1 saturated carbocycles. The van der Waals surface area contributed by atoms with Crippen molar-refractivity contribution < 1.29 is 4.21 Å². The monoisotopic (exact) mass is 335 g/mol. The lowest BCUT2D eigenvalue weighted by atomic mass is 9.97. The Hall–Kier alpha value is -1.01. The lowest BCUT2D eigenvalue weighted by molar-refractivity contribution is 0.687. The van der Waals surface area contributed by atoms with Crippen molar-refractivity contribution in [1.29, 1.82) is 0 Å². The summed E-state index contributed by atoms with van der Waals surface area (Å²) in [5.74, 6) is 3.21. The second-order valence-corrected chi connectivity index (χ2v) is 8.94. The van der Waals surface area contributed by atoms with Gasteiger partial charge in [-0.3, -0.25) is 4.21 Å². The van der Waals surface area contributed by atoms with E-state index >= 15 is 0 Å². The minimum atomic E-state index is -0.770. The van der Waals surface area contributed by atoms with Crippen LogP contribution in [-0.2, 0) is 23.6 Å². The van der Waals surface area contributed by atoms with E-state index < -0.39 is 10.8 Å². The number of aromatic nitrogens is 2. The summed E-state index contributed by atoms with van der Waals surface area (Å²) >= 11 is 1.86. The highest BCUT2D eigenvalue weighted by atomic mass is 32.2. The Bertz CT molecular complexity index is 737. The quantitative estimate of drug-likeness (QED) is 0.911. The highest BCUT2D eigenvalue weighted by Crippen LogP contribution is 2.43. The van der Waals surface area contributed by atoms with Crippen molar-refractivity contribution in [3.05, 3.63) is 16.3 Å². The molecule has 2 aromatic rings. The standard InChI is InChI=1S/C16H21N3OS2/c1-22(20)9-8-17-15-13-11-4-2-3-5-12(11)21-16(13)19-14(18-15)10-6-7-10/h10H,2-9H2,1H3,(H,17,18,19). The molecular formula is C16H21N3OS2. The first-order valence-corrected chi connectivity index (χ1v) is 10.6. The number of fused-ring (bicyclic) bond motifs is 3. The summed E-state index contributed by atoms with van der Waals surface area (Å²) in [5, 5.41) is 4.68. The van der Waals surface area contributed by atoms with Crippen molar-refractivity contribution >= 4 is 38.2 Å². The van der Waals surface area contributed by atoms with Crippen molar-refractivity contribution in [3.63, 3.8) is 0 Å². The molecule has 0 aliphatic heterocycles. The molecule has 1 atom stereocenters. The van der Waals surface area contributed by atoms with E-state index in [0.29, 0.717) is 18.2 Å². The molecule has 2 aliphatic carbocycles. The van der Waals surface area contributed by atoms with Crippen LogP contribution in [0, 0.1) is 0 Å². The molecule has 0 bridgehead atoms. The molecule has 6 heteroatoms. The predicted octanol–water partition coefficient (Wildman–Crippen LogP) is 3.24. The topological polar surface area (TPSA) is 54.9 Å². The van der Waals surface area contributed by atoms with Gasteiger partial charge in [0.25, 0.3) is 0 Å². The lowest BCUT2D eigenvalue weighted by Gasteiger charge is -2.13. The van der Waals surface area contributed by atoms with E-state index in [1.54, 1.807) is 6.26 Å². The van der Waals surface area contributed by atoms with Gasteiger partial charge in [0.1, 0.15) is 16.5 Å². The average molecular weight is 335 g/mol. The third-order valence-electron chi connectivity index (χ3n) is 4.46. The van der Waals surface area contributed by atoms with Crippen molar-refractivity contribution in [2.45, 2.75) is 44.4 Å². The minimum Gasteiger partial charge on any atom is -0.368 e. The maximum atomic E-state index is 11.3. The molecule has 0 amide bonds. The number of thiophene rings is 1. The van der Waals surface area contributed by atoms with Gasteiger partial charge < -0.3 is 5.32 Å². The molecular weight excluding hydrogens is 314 g/mol. The van der Waals surface area contributed by atoms with Crippen LogP contribution >= 0.6 is 11.3 Å². The van der Waals surface area contributed by atoms with Crippen molar-refractivity contribution in [3.8, 4) is 0 Å². The van der Waals surface area contributed by atoms with Gasteiger partial charge in [-0.2, -0.15) is 0 Å². The number of anilines is 1. The van der Waals surface area contributed by atoms with Gasteiger partial charge in [-0.1, -0.05) is 0 Å². The third kappa shape index (κ3) is 2.78. The molecule has 1 fully saturated rings. The van der Waals surface area contributed by atoms with Crippen LogP contribution in [0.4, 0.5) is 5.82 Å². The maximum Gasteiger partial charge on any atom is 0.138 e. The van der Waals surface area contributed by atoms with Gasteiger partial charge in [0.05, 0.1) is 5.39 Å². The molecule has 2 heterocycles. The van der Waals surface area contributed by atoms with Gasteiger partial charge in [-0.05, 0) is 44.1 Å². The fourth-order valence-electron chi connectivity index (χ4n) is 3.14. The zero-order valence-electron chi connectivity index (χ0n) is 12.9. The van der Waals surface area contributed by atoms with Gasteiger partial charge in [-0.25, -0.2) is 9.97 Å².